The second kappa shape index (κ2) is 7.31. The fourth-order valence-electron chi connectivity index (χ4n) is 3.63. The molecule has 2 rings (SSSR count). The van der Waals surface area contributed by atoms with Crippen LogP contribution in [0.1, 0.15) is 52.0 Å². The molecule has 21 heavy (non-hydrogen) atoms. The topological polar surface area (TPSA) is 15.3 Å². The van der Waals surface area contributed by atoms with Crippen LogP contribution in [-0.4, -0.2) is 25.7 Å². The summed E-state index contributed by atoms with van der Waals surface area (Å²) in [7, 11) is 0. The van der Waals surface area contributed by atoms with Crippen LogP contribution in [0.3, 0.4) is 0 Å². The largest absolute Gasteiger partial charge is 0.371 e. The molecule has 0 aliphatic heterocycles. The molecule has 1 N–H and O–H groups in total. The molecule has 0 spiro atoms. The third-order valence-corrected chi connectivity index (χ3v) is 4.91. The van der Waals surface area contributed by atoms with E-state index >= 15 is 0 Å². The Bertz CT molecular complexity index is 433. The molecule has 0 bridgehead atoms. The van der Waals surface area contributed by atoms with E-state index in [1.807, 2.05) is 0 Å². The number of hydrogen-bond donors (Lipinski definition) is 1. The highest BCUT2D eigenvalue weighted by Gasteiger charge is 2.35. The molecule has 0 radical (unpaired) electrons. The van der Waals surface area contributed by atoms with Gasteiger partial charge in [0.05, 0.1) is 0 Å². The van der Waals surface area contributed by atoms with Crippen LogP contribution in [0, 0.1) is 12.3 Å². The zero-order chi connectivity index (χ0) is 15.3. The monoisotopic (exact) mass is 288 g/mol. The highest BCUT2D eigenvalue weighted by atomic mass is 15.1. The van der Waals surface area contributed by atoms with Gasteiger partial charge in [0.25, 0.3) is 0 Å². The summed E-state index contributed by atoms with van der Waals surface area (Å²) in [5.74, 6) is 0. The van der Waals surface area contributed by atoms with Crippen molar-refractivity contribution in [3.05, 3.63) is 29.8 Å². The van der Waals surface area contributed by atoms with Gasteiger partial charge >= 0.3 is 0 Å². The summed E-state index contributed by atoms with van der Waals surface area (Å²) < 4.78 is 0. The van der Waals surface area contributed by atoms with Gasteiger partial charge in [0, 0.05) is 36.8 Å². The molecule has 0 atom stereocenters. The summed E-state index contributed by atoms with van der Waals surface area (Å²) in [6.45, 7) is 12.5. The van der Waals surface area contributed by atoms with Crippen molar-refractivity contribution in [2.24, 2.45) is 5.41 Å². The Morgan fingerprint density at radius 2 is 1.86 bits per heavy atom. The van der Waals surface area contributed by atoms with Gasteiger partial charge in [-0.1, -0.05) is 44.9 Å². The second-order valence-corrected chi connectivity index (χ2v) is 7.04. The van der Waals surface area contributed by atoms with Crippen LogP contribution in [0.5, 0.6) is 0 Å². The maximum Gasteiger partial charge on any atom is 0.0396 e. The van der Waals surface area contributed by atoms with Gasteiger partial charge in [-0.25, -0.2) is 0 Å². The minimum atomic E-state index is 0.461. The SMILES string of the molecule is CCN(CC1(CNC(C)C)CCCC1)c1ccccc1C. The van der Waals surface area contributed by atoms with Gasteiger partial charge in [-0.15, -0.1) is 0 Å². The molecule has 2 heteroatoms. The third kappa shape index (κ3) is 4.23. The Labute approximate surface area is 130 Å². The molecule has 0 saturated heterocycles. The average Bonchev–Trinajstić information content (AvgIpc) is 2.93. The van der Waals surface area contributed by atoms with Crippen molar-refractivity contribution in [1.29, 1.82) is 0 Å². The maximum absolute atomic E-state index is 3.70. The first-order chi connectivity index (χ1) is 10.1. The Kier molecular flexibility index (Phi) is 5.69. The summed E-state index contributed by atoms with van der Waals surface area (Å²) >= 11 is 0. The van der Waals surface area contributed by atoms with E-state index in [1.165, 1.54) is 43.5 Å². The van der Waals surface area contributed by atoms with Crippen LogP contribution in [0.2, 0.25) is 0 Å². The quantitative estimate of drug-likeness (QED) is 0.801. The molecule has 0 heterocycles. The molecule has 118 valence electrons. The molecule has 2 nitrogen and oxygen atoms in total. The van der Waals surface area contributed by atoms with E-state index < -0.39 is 0 Å². The Morgan fingerprint density at radius 1 is 1.19 bits per heavy atom. The highest BCUT2D eigenvalue weighted by molar-refractivity contribution is 5.53. The van der Waals surface area contributed by atoms with Crippen molar-refractivity contribution in [3.63, 3.8) is 0 Å². The molecular weight excluding hydrogens is 256 g/mol. The number of rotatable bonds is 7. The van der Waals surface area contributed by atoms with Gasteiger partial charge in [0.15, 0.2) is 0 Å². The number of nitrogens with zero attached hydrogens (tertiary/aromatic N) is 1. The van der Waals surface area contributed by atoms with Gasteiger partial charge in [0.2, 0.25) is 0 Å². The van der Waals surface area contributed by atoms with Crippen molar-refractivity contribution in [2.75, 3.05) is 24.5 Å². The van der Waals surface area contributed by atoms with E-state index in [0.717, 1.165) is 13.1 Å². The molecule has 1 aromatic rings. The number of nitrogens with one attached hydrogen (secondary N) is 1. The first-order valence-corrected chi connectivity index (χ1v) is 8.60. The lowest BCUT2D eigenvalue weighted by atomic mass is 9.84. The van der Waals surface area contributed by atoms with Crippen molar-refractivity contribution in [3.8, 4) is 0 Å². The second-order valence-electron chi connectivity index (χ2n) is 7.04. The average molecular weight is 288 g/mol. The molecule has 1 aromatic carbocycles. The lowest BCUT2D eigenvalue weighted by molar-refractivity contribution is 0.275. The highest BCUT2D eigenvalue weighted by Crippen LogP contribution is 2.39. The van der Waals surface area contributed by atoms with Crippen molar-refractivity contribution < 1.29 is 0 Å². The van der Waals surface area contributed by atoms with E-state index in [4.69, 9.17) is 0 Å². The summed E-state index contributed by atoms with van der Waals surface area (Å²) in [5, 5.41) is 3.70. The molecule has 1 aliphatic rings. The van der Waals surface area contributed by atoms with E-state index in [9.17, 15) is 0 Å². The van der Waals surface area contributed by atoms with E-state index in [1.54, 1.807) is 0 Å². The van der Waals surface area contributed by atoms with Crippen molar-refractivity contribution in [1.82, 2.24) is 5.32 Å². The zero-order valence-electron chi connectivity index (χ0n) is 14.3. The van der Waals surface area contributed by atoms with Crippen LogP contribution in [0.25, 0.3) is 0 Å². The number of para-hydroxylation sites is 1. The molecule has 1 saturated carbocycles. The Balaban J connectivity index is 2.12. The number of hydrogen-bond acceptors (Lipinski definition) is 2. The molecule has 1 aliphatic carbocycles. The first-order valence-electron chi connectivity index (χ1n) is 8.60. The van der Waals surface area contributed by atoms with Crippen molar-refractivity contribution in [2.45, 2.75) is 59.4 Å². The predicted octanol–water partition coefficient (Wildman–Crippen LogP) is 4.38. The van der Waals surface area contributed by atoms with E-state index in [-0.39, 0.29) is 0 Å². The molecule has 0 aromatic heterocycles. The number of anilines is 1. The smallest absolute Gasteiger partial charge is 0.0396 e. The lowest BCUT2D eigenvalue weighted by Crippen LogP contribution is -2.44. The van der Waals surface area contributed by atoms with Gasteiger partial charge in [0.1, 0.15) is 0 Å². The van der Waals surface area contributed by atoms with Crippen LogP contribution >= 0.6 is 0 Å². The molecule has 0 unspecified atom stereocenters. The fraction of sp³-hybridized carbons (Fsp3) is 0.684. The van der Waals surface area contributed by atoms with Gasteiger partial charge in [-0.3, -0.25) is 0 Å². The maximum atomic E-state index is 3.70. The van der Waals surface area contributed by atoms with Crippen LogP contribution in [-0.2, 0) is 0 Å². The standard InChI is InChI=1S/C19H32N2/c1-5-21(18-11-7-6-10-17(18)4)15-19(12-8-9-13-19)14-20-16(2)3/h6-7,10-11,16,20H,5,8-9,12-15H2,1-4H3. The lowest BCUT2D eigenvalue weighted by Gasteiger charge is -2.37. The fourth-order valence-corrected chi connectivity index (χ4v) is 3.63. The van der Waals surface area contributed by atoms with Gasteiger partial charge < -0.3 is 10.2 Å². The first kappa shape index (κ1) is 16.4. The van der Waals surface area contributed by atoms with Gasteiger partial charge in [-0.05, 0) is 38.3 Å². The van der Waals surface area contributed by atoms with E-state index in [0.29, 0.717) is 11.5 Å². The summed E-state index contributed by atoms with van der Waals surface area (Å²) in [6, 6.07) is 9.39. The van der Waals surface area contributed by atoms with Gasteiger partial charge in [-0.2, -0.15) is 0 Å². The van der Waals surface area contributed by atoms with Crippen molar-refractivity contribution >= 4 is 5.69 Å². The molecule has 1 fully saturated rings. The number of aryl methyl sites for hydroxylation is 1. The Hall–Kier alpha value is -1.02. The normalized spacial score (nSPS) is 17.4. The number of benzene rings is 1. The molecule has 0 amide bonds. The van der Waals surface area contributed by atoms with Crippen LogP contribution < -0.4 is 10.2 Å². The summed E-state index contributed by atoms with van der Waals surface area (Å²) in [4.78, 5) is 2.59. The van der Waals surface area contributed by atoms with Crippen LogP contribution in [0.15, 0.2) is 24.3 Å². The van der Waals surface area contributed by atoms with Crippen LogP contribution in [0.4, 0.5) is 5.69 Å². The minimum absolute atomic E-state index is 0.461. The minimum Gasteiger partial charge on any atom is -0.371 e. The van der Waals surface area contributed by atoms with E-state index in [2.05, 4.69) is 62.2 Å². The third-order valence-electron chi connectivity index (χ3n) is 4.91. The predicted molar refractivity (Wildman–Crippen MR) is 93.1 cm³/mol. The molecular formula is C19H32N2. The zero-order valence-corrected chi connectivity index (χ0v) is 14.3. The summed E-state index contributed by atoms with van der Waals surface area (Å²) in [6.07, 6.45) is 5.53. The Morgan fingerprint density at radius 3 is 2.43 bits per heavy atom. The summed E-state index contributed by atoms with van der Waals surface area (Å²) in [5.41, 5.74) is 3.27.